The maximum absolute atomic E-state index is 11.5. The fourth-order valence-corrected chi connectivity index (χ4v) is 20.6. The first-order chi connectivity index (χ1) is 56.3. The normalized spacial score (nSPS) is 12.7. The molecular formula is C108H82N4S3. The van der Waals surface area contributed by atoms with Crippen LogP contribution in [0.3, 0.4) is 0 Å². The number of aryl methyl sites for hydroxylation is 3. The van der Waals surface area contributed by atoms with E-state index in [1.807, 2.05) is 20.1 Å². The molecule has 0 amide bonds. The second-order valence-corrected chi connectivity index (χ2v) is 34.9. The zero-order valence-electron chi connectivity index (χ0n) is 65.1. The number of rotatable bonds is 19. The summed E-state index contributed by atoms with van der Waals surface area (Å²) >= 11 is 9.31. The second kappa shape index (κ2) is 30.1. The van der Waals surface area contributed by atoms with E-state index in [2.05, 4.69) is 376 Å². The van der Waals surface area contributed by atoms with Gasteiger partial charge in [-0.25, -0.2) is 0 Å². The number of benzene rings is 17. The van der Waals surface area contributed by atoms with Crippen LogP contribution in [0.15, 0.2) is 334 Å². The highest BCUT2D eigenvalue weighted by atomic mass is 32.2. The van der Waals surface area contributed by atoms with Crippen LogP contribution >= 0.6 is 35.7 Å². The molecule has 0 fully saturated rings. The molecule has 19 aromatic rings. The van der Waals surface area contributed by atoms with E-state index in [0.29, 0.717) is 19.3 Å². The summed E-state index contributed by atoms with van der Waals surface area (Å²) in [5, 5.41) is 44.2. The van der Waals surface area contributed by atoms with Crippen LogP contribution in [0, 0.1) is 54.8 Å². The number of hydrogen-bond acceptors (Lipinski definition) is 7. The predicted molar refractivity (Wildman–Crippen MR) is 500 cm³/mol. The molecule has 3 unspecified atom stereocenters. The van der Waals surface area contributed by atoms with Gasteiger partial charge in [0.15, 0.2) is 0 Å². The summed E-state index contributed by atoms with van der Waals surface area (Å²) in [4.78, 5) is 4.86. The van der Waals surface area contributed by atoms with E-state index in [1.54, 1.807) is 23.5 Å². The van der Waals surface area contributed by atoms with Gasteiger partial charge in [0.1, 0.15) is 3.53 Å². The highest BCUT2D eigenvalue weighted by Gasteiger charge is 2.33. The summed E-state index contributed by atoms with van der Waals surface area (Å²) in [6, 6.07) is 129. The monoisotopic (exact) mass is 1530 g/mol. The standard InChI is InChI=1S/C108H82N4S3/c1-67-38-50-78(51-39-67)111(79-52-40-68(2)41-53-79)94-60-58-92-101-88(94)34-20-36-90(101)103-98(74-23-9-7-10-24-74)106-93-59-61-95(89-35-21-37-91(102(89)93)104(106)99(105(92)103)75-25-11-8-12-26-75)112(80-54-42-69(3)43-55-80)81-56-48-71(49-57-81)77(64-108(4,5)66-110)62-70(65-109)63-96(115-107(113)114-6)73-44-46-76(47-45-73)97-84-29-15-17-31-86(84)100(87-32-18-16-30-85(87)97)83-33-19-27-72-22-13-14-28-82(72)83/h7-61,70,77,96H,62-64H2,1-6H3. The maximum atomic E-state index is 11.5. The topological polar surface area (TPSA) is 54.1 Å². The fraction of sp³-hybridized carbons (Fsp3) is 0.120. The Morgan fingerprint density at radius 3 is 1.18 bits per heavy atom. The van der Waals surface area contributed by atoms with Crippen LogP contribution in [-0.2, 0) is 0 Å². The van der Waals surface area contributed by atoms with Gasteiger partial charge in [-0.3, -0.25) is 0 Å². The molecule has 0 aromatic heterocycles. The van der Waals surface area contributed by atoms with Crippen molar-refractivity contribution in [2.24, 2.45) is 11.3 Å². The minimum atomic E-state index is -0.668. The van der Waals surface area contributed by atoms with E-state index < -0.39 is 5.41 Å². The van der Waals surface area contributed by atoms with Crippen LogP contribution in [-0.4, -0.2) is 9.78 Å². The molecule has 0 heterocycles. The molecule has 0 aliphatic rings. The van der Waals surface area contributed by atoms with Crippen molar-refractivity contribution in [2.75, 3.05) is 16.1 Å². The number of thioether (sulfide) groups is 2. The van der Waals surface area contributed by atoms with Crippen molar-refractivity contribution in [2.45, 2.75) is 65.0 Å². The Bertz CT molecular complexity index is 6840. The first kappa shape index (κ1) is 72.6. The minimum absolute atomic E-state index is 0.0933. The molecule has 0 spiro atoms. The predicted octanol–water partition coefficient (Wildman–Crippen LogP) is 31.5. The van der Waals surface area contributed by atoms with Crippen molar-refractivity contribution >= 4 is 170 Å². The molecule has 0 saturated carbocycles. The molecule has 0 aliphatic heterocycles. The van der Waals surface area contributed by atoms with Crippen molar-refractivity contribution in [1.82, 2.24) is 0 Å². The third-order valence-corrected chi connectivity index (χ3v) is 26.8. The van der Waals surface area contributed by atoms with Crippen LogP contribution < -0.4 is 9.80 Å². The first-order valence-electron chi connectivity index (χ1n) is 39.8. The van der Waals surface area contributed by atoms with Crippen LogP contribution in [0.1, 0.15) is 72.1 Å². The molecule has 4 nitrogen and oxygen atoms in total. The molecule has 115 heavy (non-hydrogen) atoms. The minimum Gasteiger partial charge on any atom is -0.310 e. The van der Waals surface area contributed by atoms with Gasteiger partial charge in [0.25, 0.3) is 0 Å². The lowest BCUT2D eigenvalue weighted by Gasteiger charge is -2.29. The molecular weight excluding hydrogens is 1450 g/mol. The van der Waals surface area contributed by atoms with Gasteiger partial charge in [-0.15, -0.1) is 11.8 Å². The number of nitriles is 2. The molecule has 552 valence electrons. The molecule has 0 bridgehead atoms. The van der Waals surface area contributed by atoms with E-state index in [4.69, 9.17) is 12.2 Å². The Morgan fingerprint density at radius 1 is 0.357 bits per heavy atom. The number of nitrogens with zero attached hydrogens (tertiary/aromatic N) is 4. The van der Waals surface area contributed by atoms with Crippen molar-refractivity contribution in [3.63, 3.8) is 0 Å². The summed E-state index contributed by atoms with van der Waals surface area (Å²) in [6.07, 6.45) is 3.78. The highest BCUT2D eigenvalue weighted by molar-refractivity contribution is 8.47. The Hall–Kier alpha value is -12.6. The van der Waals surface area contributed by atoms with Gasteiger partial charge in [0.2, 0.25) is 0 Å². The van der Waals surface area contributed by atoms with Gasteiger partial charge in [0, 0.05) is 44.7 Å². The average molecular weight is 1530 g/mol. The molecule has 19 aromatic carbocycles. The van der Waals surface area contributed by atoms with Crippen LogP contribution in [0.4, 0.5) is 34.1 Å². The number of hydrogen-bond donors (Lipinski definition) is 0. The number of thiocarbonyl (C=S) groups is 1. The van der Waals surface area contributed by atoms with E-state index in [1.165, 1.54) is 147 Å². The zero-order valence-corrected chi connectivity index (χ0v) is 67.6. The summed E-state index contributed by atoms with van der Waals surface area (Å²) in [5.41, 5.74) is 21.3. The molecule has 0 saturated heterocycles. The van der Waals surface area contributed by atoms with E-state index >= 15 is 0 Å². The van der Waals surface area contributed by atoms with Crippen molar-refractivity contribution < 1.29 is 0 Å². The largest absolute Gasteiger partial charge is 0.310 e. The van der Waals surface area contributed by atoms with Gasteiger partial charge in [0.05, 0.1) is 28.9 Å². The van der Waals surface area contributed by atoms with E-state index in [-0.39, 0.29) is 17.1 Å². The van der Waals surface area contributed by atoms with Crippen LogP contribution in [0.5, 0.6) is 0 Å². The number of fused-ring (bicyclic) bond motifs is 9. The van der Waals surface area contributed by atoms with Gasteiger partial charge in [-0.1, -0.05) is 314 Å². The lowest BCUT2D eigenvalue weighted by Crippen LogP contribution is -2.18. The van der Waals surface area contributed by atoms with Gasteiger partial charge in [-0.2, -0.15) is 10.5 Å². The highest BCUT2D eigenvalue weighted by Crippen LogP contribution is 2.59. The summed E-state index contributed by atoms with van der Waals surface area (Å²) in [7, 11) is 0. The maximum Gasteiger partial charge on any atom is 0.104 e. The van der Waals surface area contributed by atoms with Crippen molar-refractivity contribution in [3.8, 4) is 56.6 Å². The molecule has 0 N–H and O–H groups in total. The smallest absolute Gasteiger partial charge is 0.104 e. The van der Waals surface area contributed by atoms with Gasteiger partial charge in [-0.05, 0) is 269 Å². The number of anilines is 6. The molecule has 3 atom stereocenters. The van der Waals surface area contributed by atoms with Gasteiger partial charge < -0.3 is 9.80 Å². The third-order valence-electron chi connectivity index (χ3n) is 24.0. The van der Waals surface area contributed by atoms with Crippen LogP contribution in [0.2, 0.25) is 0 Å². The lowest BCUT2D eigenvalue weighted by molar-refractivity contribution is 0.360. The van der Waals surface area contributed by atoms with E-state index in [0.717, 1.165) is 59.7 Å². The van der Waals surface area contributed by atoms with E-state index in [9.17, 15) is 10.5 Å². The Morgan fingerprint density at radius 2 is 0.730 bits per heavy atom. The molecule has 19 rings (SSSR count). The molecule has 7 heteroatoms. The summed E-state index contributed by atoms with van der Waals surface area (Å²) < 4.78 is 0.837. The Labute approximate surface area is 686 Å². The quantitative estimate of drug-likeness (QED) is 0.0591. The van der Waals surface area contributed by atoms with Gasteiger partial charge >= 0.3 is 0 Å². The Kier molecular flexibility index (Phi) is 19.0. The third kappa shape index (κ3) is 12.9. The van der Waals surface area contributed by atoms with Crippen LogP contribution in [0.25, 0.3) is 141 Å². The zero-order chi connectivity index (χ0) is 78.2. The lowest BCUT2D eigenvalue weighted by atomic mass is 9.76. The first-order valence-corrected chi connectivity index (χ1v) is 42.3. The fourth-order valence-electron chi connectivity index (χ4n) is 18.7. The second-order valence-electron chi connectivity index (χ2n) is 31.7. The Balaban J connectivity index is 0.713. The SMILES string of the molecule is CSC(=S)SC(CC(C#N)CC(CC(C)(C)C#N)c1ccc(N(c2ccc(C)cc2)c2ccc3c4c(-c5ccccc5)c5c6cccc7c(N(c8ccc(C)cc8)c8ccc(C)cc8)ccc(c5c(-c5ccccc5)c4c4cccc2c43)c76)cc1)c1ccc(-c2c3ccccc3c(-c3cccc4ccccc34)c3ccccc23)cc1. The van der Waals surface area contributed by atoms with Crippen molar-refractivity contribution in [1.29, 1.82) is 10.5 Å². The molecule has 0 aliphatic carbocycles. The summed E-state index contributed by atoms with van der Waals surface area (Å²) in [6.45, 7) is 10.5. The molecule has 0 radical (unpaired) electrons. The van der Waals surface area contributed by atoms with Crippen molar-refractivity contribution in [3.05, 3.63) is 361 Å². The average Bonchev–Trinajstić information content (AvgIpc) is 1.51. The summed E-state index contributed by atoms with van der Waals surface area (Å²) in [5.74, 6) is -0.466.